The largest absolute Gasteiger partial charge is 0.507 e. The van der Waals surface area contributed by atoms with Crippen LogP contribution in [0.4, 0.5) is 0 Å². The molecule has 18 heavy (non-hydrogen) atoms. The highest BCUT2D eigenvalue weighted by molar-refractivity contribution is 5.81. The van der Waals surface area contributed by atoms with E-state index in [-0.39, 0.29) is 5.75 Å². The van der Waals surface area contributed by atoms with Gasteiger partial charge in [-0.25, -0.2) is 0 Å². The minimum absolute atomic E-state index is 0.245. The van der Waals surface area contributed by atoms with Crippen molar-refractivity contribution in [1.82, 2.24) is 4.98 Å². The molecule has 3 rings (SSSR count). The number of hydrogen-bond donors (Lipinski definition) is 1. The summed E-state index contributed by atoms with van der Waals surface area (Å²) in [4.78, 5) is 4.16. The molecule has 2 aromatic rings. The number of phenolic OH excluding ortho intramolecular Hbond substituents is 1. The number of nitrogens with zero attached hydrogens (tertiary/aromatic N) is 1. The van der Waals surface area contributed by atoms with Gasteiger partial charge in [-0.3, -0.25) is 4.98 Å². The number of benzene rings is 1. The molecule has 0 saturated carbocycles. The van der Waals surface area contributed by atoms with Crippen LogP contribution in [0.1, 0.15) is 25.0 Å². The minimum Gasteiger partial charge on any atom is -0.507 e. The molecule has 1 N–H and O–H groups in total. The van der Waals surface area contributed by atoms with Gasteiger partial charge in [-0.15, -0.1) is 0 Å². The van der Waals surface area contributed by atoms with Crippen molar-refractivity contribution in [3.8, 4) is 22.6 Å². The maximum Gasteiger partial charge on any atom is 0.132 e. The molecule has 0 atom stereocenters. The van der Waals surface area contributed by atoms with E-state index in [4.69, 9.17) is 4.74 Å². The predicted molar refractivity (Wildman–Crippen MR) is 69.7 cm³/mol. The molecule has 0 amide bonds. The monoisotopic (exact) mass is 241 g/mol. The molecule has 0 saturated heterocycles. The first-order chi connectivity index (χ1) is 8.49. The normalized spacial score (nSPS) is 15.5. The molecule has 0 fully saturated rings. The van der Waals surface area contributed by atoms with Crippen LogP contribution in [0.2, 0.25) is 0 Å². The van der Waals surface area contributed by atoms with E-state index in [0.29, 0.717) is 0 Å². The number of phenols is 1. The number of fused-ring (bicyclic) bond motifs is 3. The fourth-order valence-corrected chi connectivity index (χ4v) is 2.53. The Kier molecular flexibility index (Phi) is 2.14. The van der Waals surface area contributed by atoms with Crippen LogP contribution < -0.4 is 4.74 Å². The van der Waals surface area contributed by atoms with Crippen LogP contribution in [0.15, 0.2) is 30.6 Å². The van der Waals surface area contributed by atoms with E-state index < -0.39 is 5.60 Å². The van der Waals surface area contributed by atoms with Crippen molar-refractivity contribution >= 4 is 0 Å². The maximum atomic E-state index is 10.1. The van der Waals surface area contributed by atoms with E-state index in [1.165, 1.54) is 0 Å². The predicted octanol–water partition coefficient (Wildman–Crippen LogP) is 3.39. The van der Waals surface area contributed by atoms with Crippen LogP contribution in [0.25, 0.3) is 11.1 Å². The first-order valence-electron chi connectivity index (χ1n) is 5.96. The second-order valence-electron chi connectivity index (χ2n) is 5.19. The van der Waals surface area contributed by atoms with E-state index in [0.717, 1.165) is 28.0 Å². The fraction of sp³-hybridized carbons (Fsp3) is 0.267. The molecule has 1 aliphatic heterocycles. The molecule has 0 spiro atoms. The van der Waals surface area contributed by atoms with Crippen molar-refractivity contribution in [3.05, 3.63) is 41.7 Å². The molecule has 0 aliphatic carbocycles. The van der Waals surface area contributed by atoms with Gasteiger partial charge in [0.05, 0.1) is 5.56 Å². The molecule has 0 unspecified atom stereocenters. The van der Waals surface area contributed by atoms with Crippen LogP contribution in [0, 0.1) is 6.92 Å². The van der Waals surface area contributed by atoms with Gasteiger partial charge >= 0.3 is 0 Å². The lowest BCUT2D eigenvalue weighted by atomic mass is 9.87. The summed E-state index contributed by atoms with van der Waals surface area (Å²) in [5, 5.41) is 10.1. The summed E-state index contributed by atoms with van der Waals surface area (Å²) < 4.78 is 6.02. The van der Waals surface area contributed by atoms with Gasteiger partial charge in [0.25, 0.3) is 0 Å². The summed E-state index contributed by atoms with van der Waals surface area (Å²) in [5.74, 6) is 0.966. The van der Waals surface area contributed by atoms with Gasteiger partial charge in [-0.2, -0.15) is 0 Å². The number of rotatable bonds is 0. The van der Waals surface area contributed by atoms with E-state index in [2.05, 4.69) is 4.98 Å². The summed E-state index contributed by atoms with van der Waals surface area (Å²) in [6.07, 6.45) is 3.54. The number of aryl methyl sites for hydroxylation is 1. The van der Waals surface area contributed by atoms with Crippen molar-refractivity contribution in [2.45, 2.75) is 26.4 Å². The zero-order valence-electron chi connectivity index (χ0n) is 10.7. The highest BCUT2D eigenvalue weighted by Crippen LogP contribution is 2.48. The van der Waals surface area contributed by atoms with E-state index >= 15 is 0 Å². The third-order valence-electron chi connectivity index (χ3n) is 3.33. The van der Waals surface area contributed by atoms with Crippen LogP contribution in [0.5, 0.6) is 11.5 Å². The van der Waals surface area contributed by atoms with Gasteiger partial charge in [0, 0.05) is 23.5 Å². The molecule has 1 aliphatic rings. The molecule has 1 aromatic carbocycles. The summed E-state index contributed by atoms with van der Waals surface area (Å²) in [7, 11) is 0. The smallest absolute Gasteiger partial charge is 0.132 e. The highest BCUT2D eigenvalue weighted by Gasteiger charge is 2.34. The zero-order chi connectivity index (χ0) is 12.9. The Morgan fingerprint density at radius 1 is 1.28 bits per heavy atom. The lowest BCUT2D eigenvalue weighted by Crippen LogP contribution is -2.29. The minimum atomic E-state index is -0.411. The maximum absolute atomic E-state index is 10.1. The van der Waals surface area contributed by atoms with E-state index in [1.807, 2.05) is 32.9 Å². The number of ether oxygens (including phenoxy) is 1. The van der Waals surface area contributed by atoms with Gasteiger partial charge < -0.3 is 9.84 Å². The lowest BCUT2D eigenvalue weighted by molar-refractivity contribution is 0.105. The summed E-state index contributed by atoms with van der Waals surface area (Å²) in [6, 6.07) is 5.64. The van der Waals surface area contributed by atoms with Gasteiger partial charge in [-0.05, 0) is 44.5 Å². The Bertz CT molecular complexity index is 632. The average molecular weight is 241 g/mol. The summed E-state index contributed by atoms with van der Waals surface area (Å²) >= 11 is 0. The molecule has 3 heteroatoms. The Morgan fingerprint density at radius 3 is 2.83 bits per heavy atom. The quantitative estimate of drug-likeness (QED) is 0.768. The second kappa shape index (κ2) is 3.48. The standard InChI is InChI=1S/C15H15NO2/c1-9-6-12(17)14-10-8-16-5-4-11(10)15(2,3)18-13(14)7-9/h4-8,17H,1-3H3. The Morgan fingerprint density at radius 2 is 2.06 bits per heavy atom. The number of hydrogen-bond acceptors (Lipinski definition) is 3. The average Bonchev–Trinajstić information content (AvgIpc) is 2.27. The van der Waals surface area contributed by atoms with Crippen LogP contribution >= 0.6 is 0 Å². The first-order valence-corrected chi connectivity index (χ1v) is 5.96. The third kappa shape index (κ3) is 1.47. The van der Waals surface area contributed by atoms with Gasteiger partial charge in [0.1, 0.15) is 17.1 Å². The SMILES string of the molecule is Cc1cc(O)c2c(c1)OC(C)(C)c1ccncc1-2. The molecular formula is C15H15NO2. The van der Waals surface area contributed by atoms with E-state index in [1.54, 1.807) is 18.5 Å². The zero-order valence-corrected chi connectivity index (χ0v) is 10.7. The Labute approximate surface area is 106 Å². The van der Waals surface area contributed by atoms with Crippen molar-refractivity contribution in [1.29, 1.82) is 0 Å². The third-order valence-corrected chi connectivity index (χ3v) is 3.33. The van der Waals surface area contributed by atoms with Crippen LogP contribution in [0.3, 0.4) is 0 Å². The number of aromatic nitrogens is 1. The van der Waals surface area contributed by atoms with Crippen molar-refractivity contribution < 1.29 is 9.84 Å². The molecule has 1 aromatic heterocycles. The summed E-state index contributed by atoms with van der Waals surface area (Å²) in [5.41, 5.74) is 3.30. The lowest BCUT2D eigenvalue weighted by Gasteiger charge is -2.35. The Hall–Kier alpha value is -2.03. The molecule has 0 bridgehead atoms. The molecule has 0 radical (unpaired) electrons. The molecule has 3 nitrogen and oxygen atoms in total. The molecule has 92 valence electrons. The topological polar surface area (TPSA) is 42.4 Å². The molecular weight excluding hydrogens is 226 g/mol. The number of aromatic hydroxyl groups is 1. The van der Waals surface area contributed by atoms with Crippen molar-refractivity contribution in [3.63, 3.8) is 0 Å². The number of pyridine rings is 1. The van der Waals surface area contributed by atoms with E-state index in [9.17, 15) is 5.11 Å². The van der Waals surface area contributed by atoms with Gasteiger partial charge in [0.2, 0.25) is 0 Å². The second-order valence-corrected chi connectivity index (χ2v) is 5.19. The Balaban J connectivity index is 2.37. The first kappa shape index (κ1) is 11.1. The van der Waals surface area contributed by atoms with Crippen LogP contribution in [-0.2, 0) is 5.60 Å². The highest BCUT2D eigenvalue weighted by atomic mass is 16.5. The molecule has 2 heterocycles. The fourth-order valence-electron chi connectivity index (χ4n) is 2.53. The van der Waals surface area contributed by atoms with Crippen molar-refractivity contribution in [2.24, 2.45) is 0 Å². The van der Waals surface area contributed by atoms with Gasteiger partial charge in [-0.1, -0.05) is 0 Å². The van der Waals surface area contributed by atoms with Crippen LogP contribution in [-0.4, -0.2) is 10.1 Å². The summed E-state index contributed by atoms with van der Waals surface area (Å²) in [6.45, 7) is 5.98. The van der Waals surface area contributed by atoms with Gasteiger partial charge in [0.15, 0.2) is 0 Å². The van der Waals surface area contributed by atoms with Crippen molar-refractivity contribution in [2.75, 3.05) is 0 Å².